The summed E-state index contributed by atoms with van der Waals surface area (Å²) in [4.78, 5) is 14.9. The van der Waals surface area contributed by atoms with Gasteiger partial charge in [-0.1, -0.05) is 6.92 Å². The maximum Gasteiger partial charge on any atom is 0.253 e. The summed E-state index contributed by atoms with van der Waals surface area (Å²) in [5.74, 6) is 1.08. The lowest BCUT2D eigenvalue weighted by Crippen LogP contribution is -2.53. The van der Waals surface area contributed by atoms with Crippen molar-refractivity contribution in [2.75, 3.05) is 19.7 Å². The zero-order chi connectivity index (χ0) is 13.2. The van der Waals surface area contributed by atoms with E-state index in [4.69, 9.17) is 4.74 Å². The lowest BCUT2D eigenvalue weighted by molar-refractivity contribution is -0.149. The summed E-state index contributed by atoms with van der Waals surface area (Å²) < 4.78 is 5.66. The first-order chi connectivity index (χ1) is 9.25. The minimum atomic E-state index is -0.242. The normalized spacial score (nSPS) is 35.9. The van der Waals surface area contributed by atoms with Crippen LogP contribution in [0.25, 0.3) is 0 Å². The third-order valence-electron chi connectivity index (χ3n) is 4.78. The highest BCUT2D eigenvalue weighted by atomic mass is 16.5. The topological polar surface area (TPSA) is 41.6 Å². The maximum absolute atomic E-state index is 12.7. The summed E-state index contributed by atoms with van der Waals surface area (Å²) in [7, 11) is 0. The second-order valence-corrected chi connectivity index (χ2v) is 6.45. The van der Waals surface area contributed by atoms with Crippen molar-refractivity contribution in [3.05, 3.63) is 0 Å². The fraction of sp³-hybridized carbons (Fsp3) is 0.933. The van der Waals surface area contributed by atoms with E-state index in [1.54, 1.807) is 0 Å². The number of hydrogen-bond acceptors (Lipinski definition) is 3. The van der Waals surface area contributed by atoms with Crippen LogP contribution in [0.1, 0.15) is 45.4 Å². The number of carbonyl (C=O) groups excluding carboxylic acids is 1. The third kappa shape index (κ3) is 3.11. The summed E-state index contributed by atoms with van der Waals surface area (Å²) in [6, 6.07) is 0.984. The highest BCUT2D eigenvalue weighted by molar-refractivity contribution is 5.82. The molecule has 1 saturated heterocycles. The summed E-state index contributed by atoms with van der Waals surface area (Å²) in [5.41, 5.74) is 0. The molecule has 3 fully saturated rings. The van der Waals surface area contributed by atoms with Gasteiger partial charge in [0.1, 0.15) is 6.10 Å². The van der Waals surface area contributed by atoms with E-state index in [0.29, 0.717) is 25.2 Å². The van der Waals surface area contributed by atoms with Gasteiger partial charge in [-0.3, -0.25) is 4.79 Å². The van der Waals surface area contributed by atoms with Crippen molar-refractivity contribution in [3.8, 4) is 0 Å². The molecule has 108 valence electrons. The average Bonchev–Trinajstić information content (AvgIpc) is 3.27. The summed E-state index contributed by atoms with van der Waals surface area (Å²) in [6.45, 7) is 4.55. The second-order valence-electron chi connectivity index (χ2n) is 6.45. The van der Waals surface area contributed by atoms with Crippen LogP contribution in [0.15, 0.2) is 0 Å². The molecule has 0 bridgehead atoms. The number of nitrogens with one attached hydrogen (secondary N) is 1. The molecule has 4 nitrogen and oxygen atoms in total. The zero-order valence-electron chi connectivity index (χ0n) is 11.9. The Balaban J connectivity index is 1.64. The van der Waals surface area contributed by atoms with E-state index in [0.717, 1.165) is 12.5 Å². The smallest absolute Gasteiger partial charge is 0.253 e. The van der Waals surface area contributed by atoms with E-state index in [1.165, 1.54) is 38.5 Å². The van der Waals surface area contributed by atoms with Crippen LogP contribution in [0.5, 0.6) is 0 Å². The highest BCUT2D eigenvalue weighted by Gasteiger charge is 2.41. The van der Waals surface area contributed by atoms with Crippen molar-refractivity contribution >= 4 is 5.91 Å². The van der Waals surface area contributed by atoms with E-state index >= 15 is 0 Å². The van der Waals surface area contributed by atoms with Gasteiger partial charge in [0.2, 0.25) is 0 Å². The zero-order valence-corrected chi connectivity index (χ0v) is 11.9. The van der Waals surface area contributed by atoms with Gasteiger partial charge in [0.05, 0.1) is 6.61 Å². The van der Waals surface area contributed by atoms with Crippen LogP contribution in [-0.2, 0) is 9.53 Å². The van der Waals surface area contributed by atoms with E-state index in [9.17, 15) is 4.79 Å². The van der Waals surface area contributed by atoms with E-state index in [-0.39, 0.29) is 12.0 Å². The Hall–Kier alpha value is -0.610. The average molecular weight is 266 g/mol. The van der Waals surface area contributed by atoms with Gasteiger partial charge in [0, 0.05) is 25.2 Å². The minimum absolute atomic E-state index is 0.242. The van der Waals surface area contributed by atoms with Crippen molar-refractivity contribution in [2.45, 2.75) is 63.6 Å². The lowest BCUT2D eigenvalue weighted by Gasteiger charge is -2.39. The Morgan fingerprint density at radius 3 is 2.26 bits per heavy atom. The van der Waals surface area contributed by atoms with E-state index in [1.807, 2.05) is 0 Å². The van der Waals surface area contributed by atoms with Gasteiger partial charge in [-0.2, -0.15) is 0 Å². The molecule has 1 unspecified atom stereocenters. The van der Waals surface area contributed by atoms with Gasteiger partial charge < -0.3 is 15.0 Å². The van der Waals surface area contributed by atoms with Crippen LogP contribution in [0.3, 0.4) is 0 Å². The summed E-state index contributed by atoms with van der Waals surface area (Å²) >= 11 is 0. The Kier molecular flexibility index (Phi) is 4.08. The number of rotatable bonds is 3. The van der Waals surface area contributed by atoms with E-state index < -0.39 is 0 Å². The molecule has 0 aromatic carbocycles. The Bertz CT molecular complexity index is 316. The minimum Gasteiger partial charge on any atom is -0.366 e. The standard InChI is InChI=1S/C15H26N2O2/c1-11-2-4-12(5-3-11)17(13-6-7-13)15(18)14-10-16-8-9-19-14/h11-14,16H,2-10H2,1H3. The van der Waals surface area contributed by atoms with Gasteiger partial charge in [0.15, 0.2) is 0 Å². The van der Waals surface area contributed by atoms with Crippen molar-refractivity contribution in [2.24, 2.45) is 5.92 Å². The molecule has 3 aliphatic rings. The maximum atomic E-state index is 12.7. The van der Waals surface area contributed by atoms with Crippen LogP contribution >= 0.6 is 0 Å². The molecule has 3 rings (SSSR count). The first-order valence-corrected chi connectivity index (χ1v) is 7.90. The number of carbonyl (C=O) groups is 1. The van der Waals surface area contributed by atoms with Crippen LogP contribution in [0.2, 0.25) is 0 Å². The molecule has 0 spiro atoms. The first kappa shape index (κ1) is 13.4. The largest absolute Gasteiger partial charge is 0.366 e. The third-order valence-corrected chi connectivity index (χ3v) is 4.78. The molecule has 19 heavy (non-hydrogen) atoms. The molecule has 1 N–H and O–H groups in total. The van der Waals surface area contributed by atoms with Gasteiger partial charge >= 0.3 is 0 Å². The van der Waals surface area contributed by atoms with Crippen LogP contribution in [-0.4, -0.2) is 48.7 Å². The molecule has 0 aromatic heterocycles. The van der Waals surface area contributed by atoms with Gasteiger partial charge in [-0.15, -0.1) is 0 Å². The molecule has 1 aliphatic heterocycles. The molecule has 0 radical (unpaired) electrons. The van der Waals surface area contributed by atoms with Crippen molar-refractivity contribution in [3.63, 3.8) is 0 Å². The number of nitrogens with zero attached hydrogens (tertiary/aromatic N) is 1. The van der Waals surface area contributed by atoms with Gasteiger partial charge in [-0.05, 0) is 44.4 Å². The number of hydrogen-bond donors (Lipinski definition) is 1. The van der Waals surface area contributed by atoms with E-state index in [2.05, 4.69) is 17.1 Å². The fourth-order valence-electron chi connectivity index (χ4n) is 3.42. The second kappa shape index (κ2) is 5.80. The predicted octanol–water partition coefficient (Wildman–Crippen LogP) is 1.54. The Labute approximate surface area is 115 Å². The monoisotopic (exact) mass is 266 g/mol. The molecule has 4 heteroatoms. The Morgan fingerprint density at radius 2 is 1.74 bits per heavy atom. The molecule has 1 heterocycles. The summed E-state index contributed by atoms with van der Waals surface area (Å²) in [6.07, 6.45) is 7.05. The molecular weight excluding hydrogens is 240 g/mol. The van der Waals surface area contributed by atoms with Crippen LogP contribution in [0, 0.1) is 5.92 Å². The molecule has 2 saturated carbocycles. The molecule has 1 amide bonds. The fourth-order valence-corrected chi connectivity index (χ4v) is 3.42. The molecule has 2 aliphatic carbocycles. The number of morpholine rings is 1. The number of ether oxygens (including phenoxy) is 1. The Morgan fingerprint density at radius 1 is 1.11 bits per heavy atom. The van der Waals surface area contributed by atoms with Crippen LogP contribution < -0.4 is 5.32 Å². The SMILES string of the molecule is CC1CCC(N(C(=O)C2CNCCO2)C2CC2)CC1. The molecule has 0 aromatic rings. The summed E-state index contributed by atoms with van der Waals surface area (Å²) in [5, 5.41) is 3.27. The first-order valence-electron chi connectivity index (χ1n) is 7.90. The number of amides is 1. The quantitative estimate of drug-likeness (QED) is 0.842. The lowest BCUT2D eigenvalue weighted by atomic mass is 9.86. The predicted molar refractivity (Wildman–Crippen MR) is 73.9 cm³/mol. The van der Waals surface area contributed by atoms with Crippen molar-refractivity contribution in [1.82, 2.24) is 10.2 Å². The van der Waals surface area contributed by atoms with Crippen molar-refractivity contribution in [1.29, 1.82) is 0 Å². The molecule has 1 atom stereocenters. The van der Waals surface area contributed by atoms with Crippen LogP contribution in [0.4, 0.5) is 0 Å². The van der Waals surface area contributed by atoms with Gasteiger partial charge in [-0.25, -0.2) is 0 Å². The van der Waals surface area contributed by atoms with Gasteiger partial charge in [0.25, 0.3) is 5.91 Å². The molecular formula is C15H26N2O2. The highest BCUT2D eigenvalue weighted by Crippen LogP contribution is 2.35. The van der Waals surface area contributed by atoms with Crippen molar-refractivity contribution < 1.29 is 9.53 Å².